The lowest BCUT2D eigenvalue weighted by Gasteiger charge is -2.46. The number of nitrogens with zero attached hydrogens (tertiary/aromatic N) is 1. The lowest BCUT2D eigenvalue weighted by atomic mass is 9.81. The van der Waals surface area contributed by atoms with Crippen LogP contribution >= 0.6 is 0 Å². The number of rotatable bonds is 3. The van der Waals surface area contributed by atoms with E-state index in [9.17, 15) is 8.42 Å². The molecule has 1 aromatic carbocycles. The summed E-state index contributed by atoms with van der Waals surface area (Å²) in [6, 6.07) is 7.34. The van der Waals surface area contributed by atoms with Crippen molar-refractivity contribution in [3.05, 3.63) is 42.0 Å². The molecule has 1 fully saturated rings. The molecule has 3 aliphatic rings. The molecule has 1 aromatic rings. The second-order valence-electron chi connectivity index (χ2n) is 5.82. The number of hydrogen-bond donors (Lipinski definition) is 0. The van der Waals surface area contributed by atoms with E-state index in [2.05, 4.69) is 19.1 Å². The minimum Gasteiger partial charge on any atom is -0.207 e. The molecule has 0 amide bonds. The Morgan fingerprint density at radius 3 is 2.40 bits per heavy atom. The summed E-state index contributed by atoms with van der Waals surface area (Å²) in [7, 11) is -3.39. The van der Waals surface area contributed by atoms with Gasteiger partial charge in [0.1, 0.15) is 0 Å². The number of aryl methyl sites for hydroxylation is 1. The summed E-state index contributed by atoms with van der Waals surface area (Å²) in [6.07, 6.45) is 7.22. The van der Waals surface area contributed by atoms with Gasteiger partial charge in [0.25, 0.3) is 0 Å². The molecular formula is C16H21NO2S. The molecule has 2 bridgehead atoms. The van der Waals surface area contributed by atoms with Crippen molar-refractivity contribution in [2.24, 2.45) is 5.92 Å². The molecule has 0 unspecified atom stereocenters. The van der Waals surface area contributed by atoms with Crippen molar-refractivity contribution in [1.29, 1.82) is 0 Å². The molecule has 2 heterocycles. The van der Waals surface area contributed by atoms with Crippen molar-refractivity contribution in [1.82, 2.24) is 4.31 Å². The van der Waals surface area contributed by atoms with Crippen LogP contribution in [0.15, 0.2) is 41.3 Å². The predicted octanol–water partition coefficient (Wildman–Crippen LogP) is 3.11. The van der Waals surface area contributed by atoms with Crippen LogP contribution in [0.2, 0.25) is 0 Å². The fourth-order valence-electron chi connectivity index (χ4n) is 3.47. The highest BCUT2D eigenvalue weighted by Crippen LogP contribution is 2.39. The van der Waals surface area contributed by atoms with Crippen LogP contribution in [0.4, 0.5) is 0 Å². The Morgan fingerprint density at radius 1 is 1.15 bits per heavy atom. The third-order valence-corrected chi connectivity index (χ3v) is 6.50. The fourth-order valence-corrected chi connectivity index (χ4v) is 5.38. The van der Waals surface area contributed by atoms with Crippen molar-refractivity contribution in [3.8, 4) is 0 Å². The van der Waals surface area contributed by atoms with Crippen LogP contribution in [0.5, 0.6) is 0 Å². The van der Waals surface area contributed by atoms with Crippen LogP contribution < -0.4 is 0 Å². The van der Waals surface area contributed by atoms with Crippen LogP contribution in [0.1, 0.15) is 31.7 Å². The van der Waals surface area contributed by atoms with E-state index in [0.717, 1.165) is 24.8 Å². The summed E-state index contributed by atoms with van der Waals surface area (Å²) in [6.45, 7) is 4.05. The molecule has 2 aliphatic heterocycles. The number of sulfonamides is 1. The van der Waals surface area contributed by atoms with E-state index in [0.29, 0.717) is 10.8 Å². The molecule has 4 rings (SSSR count). The Bertz CT molecular complexity index is 618. The summed E-state index contributed by atoms with van der Waals surface area (Å²) in [5, 5.41) is 0. The van der Waals surface area contributed by atoms with Gasteiger partial charge in [0.05, 0.1) is 4.90 Å². The molecule has 4 heteroatoms. The van der Waals surface area contributed by atoms with E-state index in [1.54, 1.807) is 16.4 Å². The Morgan fingerprint density at radius 2 is 1.85 bits per heavy atom. The summed E-state index contributed by atoms with van der Waals surface area (Å²) in [4.78, 5) is 0.419. The summed E-state index contributed by atoms with van der Waals surface area (Å²) < 4.78 is 27.7. The van der Waals surface area contributed by atoms with E-state index in [1.165, 1.54) is 0 Å². The quantitative estimate of drug-likeness (QED) is 0.802. The zero-order valence-corrected chi connectivity index (χ0v) is 12.8. The first kappa shape index (κ1) is 13.8. The molecule has 1 saturated heterocycles. The monoisotopic (exact) mass is 291 g/mol. The molecule has 0 aromatic heterocycles. The van der Waals surface area contributed by atoms with Crippen molar-refractivity contribution in [3.63, 3.8) is 0 Å². The van der Waals surface area contributed by atoms with Crippen LogP contribution in [0.3, 0.4) is 0 Å². The van der Waals surface area contributed by atoms with Gasteiger partial charge in [-0.15, -0.1) is 0 Å². The summed E-state index contributed by atoms with van der Waals surface area (Å²) in [5.41, 5.74) is 1.08. The van der Waals surface area contributed by atoms with E-state index >= 15 is 0 Å². The lowest BCUT2D eigenvalue weighted by molar-refractivity contribution is 0.147. The summed E-state index contributed by atoms with van der Waals surface area (Å²) in [5.74, 6) is 0.380. The molecule has 0 spiro atoms. The predicted molar refractivity (Wildman–Crippen MR) is 79.9 cm³/mol. The molecule has 0 radical (unpaired) electrons. The van der Waals surface area contributed by atoms with Gasteiger partial charge in [-0.1, -0.05) is 36.8 Å². The largest absolute Gasteiger partial charge is 0.243 e. The first-order chi connectivity index (χ1) is 9.54. The van der Waals surface area contributed by atoms with Crippen molar-refractivity contribution < 1.29 is 8.42 Å². The average Bonchev–Trinajstić information content (AvgIpc) is 2.47. The van der Waals surface area contributed by atoms with Gasteiger partial charge < -0.3 is 0 Å². The van der Waals surface area contributed by atoms with Gasteiger partial charge in [0.15, 0.2) is 0 Å². The summed E-state index contributed by atoms with van der Waals surface area (Å²) >= 11 is 0. The molecule has 20 heavy (non-hydrogen) atoms. The normalized spacial score (nSPS) is 29.8. The van der Waals surface area contributed by atoms with E-state index in [4.69, 9.17) is 0 Å². The molecule has 1 aliphatic carbocycles. The standard InChI is InChI=1S/C16H21NO2S/c1-3-16-13-6-8-14(9-7-13)17(16)20(18,19)15-10-4-12(2)5-11-15/h4-6,8,10-11,13-14,16H,3,7,9H2,1-2H3/t13-,14-,16+/m0/s1. The Kier molecular flexibility index (Phi) is 3.46. The van der Waals surface area contributed by atoms with E-state index < -0.39 is 10.0 Å². The van der Waals surface area contributed by atoms with E-state index in [1.807, 2.05) is 19.1 Å². The Labute approximate surface area is 121 Å². The van der Waals surface area contributed by atoms with E-state index in [-0.39, 0.29) is 12.1 Å². The molecule has 3 nitrogen and oxygen atoms in total. The maximum absolute atomic E-state index is 12.9. The Balaban J connectivity index is 2.02. The highest BCUT2D eigenvalue weighted by molar-refractivity contribution is 7.89. The maximum atomic E-state index is 12.9. The van der Waals surface area contributed by atoms with Gasteiger partial charge >= 0.3 is 0 Å². The van der Waals surface area contributed by atoms with Gasteiger partial charge in [0, 0.05) is 12.1 Å². The molecular weight excluding hydrogens is 270 g/mol. The third kappa shape index (κ3) is 2.11. The highest BCUT2D eigenvalue weighted by Gasteiger charge is 2.44. The van der Waals surface area contributed by atoms with Gasteiger partial charge in [-0.05, 0) is 44.2 Å². The number of piperidine rings is 1. The van der Waals surface area contributed by atoms with Gasteiger partial charge in [-0.3, -0.25) is 0 Å². The highest BCUT2D eigenvalue weighted by atomic mass is 32.2. The second-order valence-corrected chi connectivity index (χ2v) is 7.66. The third-order valence-electron chi connectivity index (χ3n) is 4.54. The minimum absolute atomic E-state index is 0.0382. The second kappa shape index (κ2) is 5.01. The smallest absolute Gasteiger partial charge is 0.207 e. The van der Waals surface area contributed by atoms with Crippen LogP contribution in [-0.4, -0.2) is 24.8 Å². The number of fused-ring (bicyclic) bond motifs is 2. The van der Waals surface area contributed by atoms with Crippen molar-refractivity contribution in [2.75, 3.05) is 0 Å². The lowest BCUT2D eigenvalue weighted by Crippen LogP contribution is -2.54. The molecule has 108 valence electrons. The van der Waals surface area contributed by atoms with Gasteiger partial charge in [0.2, 0.25) is 10.0 Å². The van der Waals surface area contributed by atoms with Gasteiger partial charge in [-0.25, -0.2) is 8.42 Å². The fraction of sp³-hybridized carbons (Fsp3) is 0.500. The first-order valence-corrected chi connectivity index (χ1v) is 8.76. The van der Waals surface area contributed by atoms with Gasteiger partial charge in [-0.2, -0.15) is 4.31 Å². The number of hydrogen-bond acceptors (Lipinski definition) is 2. The van der Waals surface area contributed by atoms with Crippen molar-refractivity contribution in [2.45, 2.75) is 50.1 Å². The molecule has 0 saturated carbocycles. The maximum Gasteiger partial charge on any atom is 0.243 e. The first-order valence-electron chi connectivity index (χ1n) is 7.32. The van der Waals surface area contributed by atoms with Crippen LogP contribution in [0, 0.1) is 12.8 Å². The van der Waals surface area contributed by atoms with Crippen molar-refractivity contribution >= 4 is 10.0 Å². The zero-order valence-electron chi connectivity index (χ0n) is 12.0. The molecule has 0 N–H and O–H groups in total. The zero-order chi connectivity index (χ0) is 14.3. The minimum atomic E-state index is -3.39. The Hall–Kier alpha value is -1.13. The van der Waals surface area contributed by atoms with Crippen LogP contribution in [0.25, 0.3) is 0 Å². The average molecular weight is 291 g/mol. The van der Waals surface area contributed by atoms with Crippen LogP contribution in [-0.2, 0) is 10.0 Å². The molecule has 3 atom stereocenters. The topological polar surface area (TPSA) is 37.4 Å². The SMILES string of the molecule is CC[C@@H]1[C@H]2C=C[C@@H](CC2)N1S(=O)(=O)c1ccc(C)cc1. The number of benzene rings is 1.